The molecule has 37 heavy (non-hydrogen) atoms. The van der Waals surface area contributed by atoms with Gasteiger partial charge in [-0.25, -0.2) is 8.42 Å². The van der Waals surface area contributed by atoms with E-state index >= 15 is 0 Å². The summed E-state index contributed by atoms with van der Waals surface area (Å²) in [7, 11) is -4.37. The van der Waals surface area contributed by atoms with Gasteiger partial charge in [-0.05, 0) is 107 Å². The van der Waals surface area contributed by atoms with Crippen molar-refractivity contribution in [2.45, 2.75) is 115 Å². The van der Waals surface area contributed by atoms with Crippen molar-refractivity contribution in [3.63, 3.8) is 0 Å². The third-order valence-corrected chi connectivity index (χ3v) is 6.12. The second-order valence-corrected chi connectivity index (χ2v) is 14.7. The van der Waals surface area contributed by atoms with Crippen LogP contribution in [0.5, 0.6) is 34.5 Å². The maximum absolute atomic E-state index is 14.3. The standard InChI is InChI=1S/C28H42O8S/c1-25(2,3)33-21-17(29)13-15-19(23(21)35-27(7,8)9)37(31,32)20-16-14-18(30)22(34-26(4,5)6)24(20)36-28(10,11)12/h13-16,29-30H,1-12H3. The van der Waals surface area contributed by atoms with E-state index in [1.54, 1.807) is 83.1 Å². The predicted molar refractivity (Wildman–Crippen MR) is 143 cm³/mol. The molecule has 0 spiro atoms. The monoisotopic (exact) mass is 538 g/mol. The van der Waals surface area contributed by atoms with Crippen molar-refractivity contribution in [2.24, 2.45) is 0 Å². The molecule has 0 fully saturated rings. The lowest BCUT2D eigenvalue weighted by Gasteiger charge is -2.30. The first-order valence-corrected chi connectivity index (χ1v) is 13.6. The lowest BCUT2D eigenvalue weighted by molar-refractivity contribution is 0.0884. The number of sulfone groups is 1. The summed E-state index contributed by atoms with van der Waals surface area (Å²) in [6, 6.07) is 5.03. The summed E-state index contributed by atoms with van der Waals surface area (Å²) in [5, 5.41) is 21.3. The zero-order valence-corrected chi connectivity index (χ0v) is 24.9. The Morgan fingerprint density at radius 2 is 0.730 bits per heavy atom. The van der Waals surface area contributed by atoms with Crippen molar-refractivity contribution in [2.75, 3.05) is 0 Å². The van der Waals surface area contributed by atoms with Crippen molar-refractivity contribution in [3.05, 3.63) is 24.3 Å². The average Bonchev–Trinajstić information content (AvgIpc) is 2.63. The van der Waals surface area contributed by atoms with Crippen LogP contribution in [0.4, 0.5) is 0 Å². The van der Waals surface area contributed by atoms with E-state index in [1.807, 2.05) is 0 Å². The van der Waals surface area contributed by atoms with Crippen molar-refractivity contribution >= 4 is 9.84 Å². The molecule has 0 aromatic heterocycles. The van der Waals surface area contributed by atoms with Gasteiger partial charge in [-0.2, -0.15) is 0 Å². The molecule has 2 N–H and O–H groups in total. The molecule has 9 heteroatoms. The fourth-order valence-corrected chi connectivity index (χ4v) is 4.71. The number of aromatic hydroxyl groups is 2. The van der Waals surface area contributed by atoms with Crippen molar-refractivity contribution < 1.29 is 37.6 Å². The Hall–Kier alpha value is -2.81. The summed E-state index contributed by atoms with van der Waals surface area (Å²) >= 11 is 0. The van der Waals surface area contributed by atoms with Gasteiger partial charge in [-0.15, -0.1) is 0 Å². The van der Waals surface area contributed by atoms with E-state index in [-0.39, 0.29) is 44.3 Å². The fourth-order valence-electron chi connectivity index (χ4n) is 3.23. The van der Waals surface area contributed by atoms with E-state index in [0.29, 0.717) is 0 Å². The molecule has 0 aliphatic rings. The van der Waals surface area contributed by atoms with Gasteiger partial charge in [0, 0.05) is 0 Å². The van der Waals surface area contributed by atoms with Crippen LogP contribution in [0.3, 0.4) is 0 Å². The number of rotatable bonds is 6. The Kier molecular flexibility index (Phi) is 8.07. The summed E-state index contributed by atoms with van der Waals surface area (Å²) in [4.78, 5) is -0.462. The first-order chi connectivity index (χ1) is 16.4. The van der Waals surface area contributed by atoms with Gasteiger partial charge >= 0.3 is 0 Å². The molecule has 0 saturated carbocycles. The van der Waals surface area contributed by atoms with E-state index in [4.69, 9.17) is 18.9 Å². The Labute approximate surface area is 221 Å². The Balaban J connectivity index is 2.97. The number of phenols is 2. The summed E-state index contributed by atoms with van der Waals surface area (Å²) < 4.78 is 52.6. The van der Waals surface area contributed by atoms with Gasteiger partial charge in [0.1, 0.15) is 32.2 Å². The summed E-state index contributed by atoms with van der Waals surface area (Å²) in [6.07, 6.45) is 0. The molecular weight excluding hydrogens is 496 g/mol. The highest BCUT2D eigenvalue weighted by Gasteiger charge is 2.36. The van der Waals surface area contributed by atoms with Crippen LogP contribution >= 0.6 is 0 Å². The quantitative estimate of drug-likeness (QED) is 0.421. The summed E-state index contributed by atoms with van der Waals surface area (Å²) in [5.41, 5.74) is -3.17. The highest BCUT2D eigenvalue weighted by molar-refractivity contribution is 7.91. The Morgan fingerprint density at radius 1 is 0.486 bits per heavy atom. The average molecular weight is 539 g/mol. The van der Waals surface area contributed by atoms with E-state index in [1.165, 1.54) is 24.3 Å². The molecular formula is C28H42O8S. The first-order valence-electron chi connectivity index (χ1n) is 12.1. The minimum Gasteiger partial charge on any atom is -0.504 e. The minimum atomic E-state index is -4.37. The van der Waals surface area contributed by atoms with Gasteiger partial charge in [-0.1, -0.05) is 0 Å². The highest BCUT2D eigenvalue weighted by atomic mass is 32.2. The van der Waals surface area contributed by atoms with Gasteiger partial charge in [0.2, 0.25) is 21.3 Å². The van der Waals surface area contributed by atoms with Crippen LogP contribution in [-0.4, -0.2) is 41.0 Å². The Morgan fingerprint density at radius 3 is 0.973 bits per heavy atom. The molecule has 208 valence electrons. The predicted octanol–water partition coefficient (Wildman–Crippen LogP) is 6.64. The molecule has 0 aliphatic heterocycles. The van der Waals surface area contributed by atoms with E-state index < -0.39 is 32.2 Å². The van der Waals surface area contributed by atoms with Crippen LogP contribution in [0.1, 0.15) is 83.1 Å². The van der Waals surface area contributed by atoms with Gasteiger partial charge < -0.3 is 29.2 Å². The number of ether oxygens (including phenoxy) is 4. The SMILES string of the molecule is CC(C)(C)Oc1c(O)ccc(S(=O)(=O)c2ccc(O)c(OC(C)(C)C)c2OC(C)(C)C)c1OC(C)(C)C. The van der Waals surface area contributed by atoms with Crippen LogP contribution in [0.15, 0.2) is 34.1 Å². The molecule has 0 amide bonds. The van der Waals surface area contributed by atoms with Gasteiger partial charge in [0.25, 0.3) is 0 Å². The molecule has 2 aromatic rings. The fraction of sp³-hybridized carbons (Fsp3) is 0.571. The number of hydrogen-bond acceptors (Lipinski definition) is 8. The van der Waals surface area contributed by atoms with E-state index in [2.05, 4.69) is 0 Å². The third-order valence-electron chi connectivity index (χ3n) is 4.32. The zero-order valence-electron chi connectivity index (χ0n) is 24.1. The topological polar surface area (TPSA) is 112 Å². The molecule has 2 aromatic carbocycles. The van der Waals surface area contributed by atoms with Crippen LogP contribution in [-0.2, 0) is 9.84 Å². The molecule has 0 atom stereocenters. The molecule has 0 saturated heterocycles. The second-order valence-electron chi connectivity index (χ2n) is 12.8. The Bertz CT molecular complexity index is 1140. The molecule has 0 bridgehead atoms. The molecule has 0 unspecified atom stereocenters. The largest absolute Gasteiger partial charge is 0.504 e. The maximum atomic E-state index is 14.3. The van der Waals surface area contributed by atoms with E-state index in [0.717, 1.165) is 0 Å². The lowest BCUT2D eigenvalue weighted by Crippen LogP contribution is -2.28. The van der Waals surface area contributed by atoms with Crippen molar-refractivity contribution in [1.82, 2.24) is 0 Å². The normalized spacial score (nSPS) is 13.3. The van der Waals surface area contributed by atoms with Gasteiger partial charge in [0.05, 0.1) is 0 Å². The first kappa shape index (κ1) is 30.4. The number of phenolic OH excluding ortho intramolecular Hbond substituents is 2. The summed E-state index contributed by atoms with van der Waals surface area (Å²) in [5.74, 6) is -0.965. The van der Waals surface area contributed by atoms with E-state index in [9.17, 15) is 18.6 Å². The van der Waals surface area contributed by atoms with Crippen molar-refractivity contribution in [1.29, 1.82) is 0 Å². The number of hydrogen-bond donors (Lipinski definition) is 2. The molecule has 0 aliphatic carbocycles. The smallest absolute Gasteiger partial charge is 0.214 e. The molecule has 2 rings (SSSR count). The van der Waals surface area contributed by atoms with Crippen LogP contribution < -0.4 is 18.9 Å². The lowest BCUT2D eigenvalue weighted by atomic mass is 10.1. The highest BCUT2D eigenvalue weighted by Crippen LogP contribution is 2.50. The number of benzene rings is 2. The minimum absolute atomic E-state index is 0.0910. The van der Waals surface area contributed by atoms with Gasteiger partial charge in [0.15, 0.2) is 23.0 Å². The summed E-state index contributed by atoms with van der Waals surface area (Å²) in [6.45, 7) is 21.2. The van der Waals surface area contributed by atoms with Crippen LogP contribution in [0.2, 0.25) is 0 Å². The molecule has 8 nitrogen and oxygen atoms in total. The maximum Gasteiger partial charge on any atom is 0.214 e. The third kappa shape index (κ3) is 8.09. The van der Waals surface area contributed by atoms with Crippen LogP contribution in [0.25, 0.3) is 0 Å². The zero-order chi connectivity index (χ0) is 28.8. The molecule has 0 radical (unpaired) electrons. The van der Waals surface area contributed by atoms with Crippen LogP contribution in [0, 0.1) is 0 Å². The van der Waals surface area contributed by atoms with Crippen molar-refractivity contribution in [3.8, 4) is 34.5 Å². The molecule has 0 heterocycles. The second kappa shape index (κ2) is 9.82. The van der Waals surface area contributed by atoms with Gasteiger partial charge in [-0.3, -0.25) is 0 Å².